The summed E-state index contributed by atoms with van der Waals surface area (Å²) in [5, 5.41) is 7.49. The first-order valence-electron chi connectivity index (χ1n) is 12.0. The van der Waals surface area contributed by atoms with Crippen LogP contribution in [0.25, 0.3) is 0 Å². The Hall–Kier alpha value is -3.37. The molecule has 1 fully saturated rings. The molecule has 1 aromatic heterocycles. The second-order valence-corrected chi connectivity index (χ2v) is 11.2. The fourth-order valence-corrected chi connectivity index (χ4v) is 6.03. The molecule has 2 atom stereocenters. The van der Waals surface area contributed by atoms with Crippen LogP contribution in [0.15, 0.2) is 72.1 Å². The van der Waals surface area contributed by atoms with E-state index in [1.54, 1.807) is 30.3 Å². The van der Waals surface area contributed by atoms with Crippen molar-refractivity contribution < 1.29 is 23.0 Å². The lowest BCUT2D eigenvalue weighted by Crippen LogP contribution is -2.47. The summed E-state index contributed by atoms with van der Waals surface area (Å²) >= 11 is 1.37. The lowest BCUT2D eigenvalue weighted by atomic mass is 10.1. The molecule has 7 nitrogen and oxygen atoms in total. The maximum atomic E-state index is 13.6. The molecular weight excluding hydrogens is 513 g/mol. The zero-order valence-electron chi connectivity index (χ0n) is 20.1. The van der Waals surface area contributed by atoms with Crippen LogP contribution < -0.4 is 15.5 Å². The predicted molar refractivity (Wildman–Crippen MR) is 144 cm³/mol. The number of nitrogens with one attached hydrogen (secondary N) is 2. The van der Waals surface area contributed by atoms with Gasteiger partial charge in [-0.2, -0.15) is 0 Å². The van der Waals surface area contributed by atoms with Crippen molar-refractivity contribution in [1.82, 2.24) is 5.32 Å². The Balaban J connectivity index is 1.52. The van der Waals surface area contributed by atoms with Gasteiger partial charge in [0.05, 0.1) is 0 Å². The van der Waals surface area contributed by atoms with Crippen LogP contribution in [0, 0.1) is 5.82 Å². The lowest BCUT2D eigenvalue weighted by molar-refractivity contribution is -0.126. The molecular formula is C27H28FN3O4S2. The van der Waals surface area contributed by atoms with E-state index in [2.05, 4.69) is 10.6 Å². The number of halogens is 1. The molecule has 10 heteroatoms. The third-order valence-corrected chi connectivity index (χ3v) is 8.11. The number of nitrogens with zero attached hydrogens (tertiary/aromatic N) is 1. The summed E-state index contributed by atoms with van der Waals surface area (Å²) in [4.78, 5) is 41.6. The summed E-state index contributed by atoms with van der Waals surface area (Å²) in [7, 11) is -1.84. The van der Waals surface area contributed by atoms with Crippen LogP contribution in [0.5, 0.6) is 0 Å². The number of hydrogen-bond acceptors (Lipinski definition) is 5. The highest BCUT2D eigenvalue weighted by atomic mass is 32.2. The molecule has 4 rings (SSSR count). The lowest BCUT2D eigenvalue weighted by Gasteiger charge is -2.31. The Labute approximate surface area is 221 Å². The predicted octanol–water partition coefficient (Wildman–Crippen LogP) is 4.41. The van der Waals surface area contributed by atoms with Crippen LogP contribution in [0.4, 0.5) is 15.8 Å². The molecule has 0 aliphatic heterocycles. The van der Waals surface area contributed by atoms with Crippen LogP contribution in [0.1, 0.15) is 36.6 Å². The maximum absolute atomic E-state index is 13.6. The number of thiophene rings is 1. The highest BCUT2D eigenvalue weighted by Crippen LogP contribution is 2.31. The minimum Gasteiger partial charge on any atom is -0.351 e. The molecule has 37 heavy (non-hydrogen) atoms. The van der Waals surface area contributed by atoms with Crippen LogP contribution >= 0.6 is 11.3 Å². The molecule has 3 aromatic rings. The fraction of sp³-hybridized carbons (Fsp3) is 0.296. The van der Waals surface area contributed by atoms with Gasteiger partial charge < -0.3 is 10.6 Å². The number of hydrogen-bond donors (Lipinski definition) is 2. The molecule has 1 saturated carbocycles. The molecule has 0 radical (unpaired) electrons. The Morgan fingerprint density at radius 2 is 1.68 bits per heavy atom. The molecule has 3 amide bonds. The SMILES string of the molecule is O=C(C[S@](=O)CC(=O)N(c1ccccc1)[C@H](C(=O)NC1CCCC1)c1cccs1)Nc1ccc(F)cc1. The van der Waals surface area contributed by atoms with Gasteiger partial charge in [0.15, 0.2) is 0 Å². The van der Waals surface area contributed by atoms with Gasteiger partial charge in [0.2, 0.25) is 17.7 Å². The number of anilines is 2. The van der Waals surface area contributed by atoms with Gasteiger partial charge in [-0.25, -0.2) is 4.39 Å². The summed E-state index contributed by atoms with van der Waals surface area (Å²) in [6, 6.07) is 16.8. The van der Waals surface area contributed by atoms with Crippen molar-refractivity contribution in [2.75, 3.05) is 21.7 Å². The molecule has 1 heterocycles. The van der Waals surface area contributed by atoms with Gasteiger partial charge in [0.1, 0.15) is 23.4 Å². The minimum absolute atomic E-state index is 0.0620. The number of rotatable bonds is 10. The highest BCUT2D eigenvalue weighted by Gasteiger charge is 2.35. The Kier molecular flexibility index (Phi) is 9.19. The number of carbonyl (C=O) groups excluding carboxylic acids is 3. The van der Waals surface area contributed by atoms with Crippen molar-refractivity contribution in [1.29, 1.82) is 0 Å². The normalized spacial score (nSPS) is 15.1. The van der Waals surface area contributed by atoms with E-state index in [1.807, 2.05) is 17.5 Å². The zero-order valence-corrected chi connectivity index (χ0v) is 21.7. The third kappa shape index (κ3) is 7.33. The molecule has 2 aromatic carbocycles. The Bertz CT molecular complexity index is 1230. The quantitative estimate of drug-likeness (QED) is 0.398. The van der Waals surface area contributed by atoms with E-state index in [0.717, 1.165) is 25.7 Å². The monoisotopic (exact) mass is 541 g/mol. The van der Waals surface area contributed by atoms with Crippen molar-refractivity contribution >= 4 is 51.2 Å². The van der Waals surface area contributed by atoms with Gasteiger partial charge in [-0.15, -0.1) is 11.3 Å². The average Bonchev–Trinajstić information content (AvgIpc) is 3.59. The Morgan fingerprint density at radius 3 is 2.32 bits per heavy atom. The molecule has 0 unspecified atom stereocenters. The van der Waals surface area contributed by atoms with Crippen molar-refractivity contribution in [3.8, 4) is 0 Å². The van der Waals surface area contributed by atoms with Crippen molar-refractivity contribution in [2.24, 2.45) is 0 Å². The molecule has 2 N–H and O–H groups in total. The highest BCUT2D eigenvalue weighted by molar-refractivity contribution is 7.86. The zero-order chi connectivity index (χ0) is 26.2. The van der Waals surface area contributed by atoms with Gasteiger partial charge in [0, 0.05) is 33.1 Å². The summed E-state index contributed by atoms with van der Waals surface area (Å²) in [6.45, 7) is 0. The molecule has 194 valence electrons. The smallest absolute Gasteiger partial charge is 0.248 e. The van der Waals surface area contributed by atoms with Crippen LogP contribution in [0.3, 0.4) is 0 Å². The first-order valence-corrected chi connectivity index (χ1v) is 14.4. The molecule has 1 aliphatic rings. The van der Waals surface area contributed by atoms with E-state index >= 15 is 0 Å². The van der Waals surface area contributed by atoms with Gasteiger partial charge in [-0.1, -0.05) is 37.1 Å². The standard InChI is InChI=1S/C27H28FN3O4S2/c28-19-12-14-21(15-13-19)29-24(32)17-37(35)18-25(33)31(22-9-2-1-3-10-22)26(23-11-6-16-36-23)27(34)30-20-7-4-5-8-20/h1-3,6,9-16,20,26H,4-5,7-8,17-18H2,(H,29,32)(H,30,34)/t26-,37-/m0/s1. The van der Waals surface area contributed by atoms with E-state index in [-0.39, 0.29) is 11.9 Å². The van der Waals surface area contributed by atoms with Crippen LogP contribution in [-0.2, 0) is 25.2 Å². The van der Waals surface area contributed by atoms with E-state index in [4.69, 9.17) is 0 Å². The van der Waals surface area contributed by atoms with Crippen molar-refractivity contribution in [2.45, 2.75) is 37.8 Å². The number of carbonyl (C=O) groups is 3. The second kappa shape index (κ2) is 12.7. The van der Waals surface area contributed by atoms with Crippen LogP contribution in [0.2, 0.25) is 0 Å². The van der Waals surface area contributed by atoms with E-state index < -0.39 is 46.0 Å². The summed E-state index contributed by atoms with van der Waals surface area (Å²) in [5.41, 5.74) is 0.863. The topological polar surface area (TPSA) is 95.6 Å². The van der Waals surface area contributed by atoms with Gasteiger partial charge in [0.25, 0.3) is 0 Å². The second-order valence-electron chi connectivity index (χ2n) is 8.79. The number of benzene rings is 2. The molecule has 0 saturated heterocycles. The maximum Gasteiger partial charge on any atom is 0.248 e. The van der Waals surface area contributed by atoms with E-state index in [1.165, 1.54) is 40.5 Å². The van der Waals surface area contributed by atoms with Gasteiger partial charge in [-0.05, 0) is 60.7 Å². The summed E-state index contributed by atoms with van der Waals surface area (Å²) in [5.74, 6) is -2.66. The number of amides is 3. The van der Waals surface area contributed by atoms with Crippen LogP contribution in [-0.4, -0.2) is 39.5 Å². The first-order chi connectivity index (χ1) is 17.9. The number of para-hydroxylation sites is 1. The molecule has 1 aliphatic carbocycles. The molecule has 0 spiro atoms. The van der Waals surface area contributed by atoms with E-state index in [0.29, 0.717) is 16.3 Å². The van der Waals surface area contributed by atoms with Crippen molar-refractivity contribution in [3.05, 3.63) is 82.8 Å². The largest absolute Gasteiger partial charge is 0.351 e. The summed E-state index contributed by atoms with van der Waals surface area (Å²) < 4.78 is 25.9. The average molecular weight is 542 g/mol. The fourth-order valence-electron chi connectivity index (χ4n) is 4.33. The third-order valence-electron chi connectivity index (χ3n) is 6.03. The Morgan fingerprint density at radius 1 is 0.973 bits per heavy atom. The summed E-state index contributed by atoms with van der Waals surface area (Å²) in [6.07, 6.45) is 3.90. The first kappa shape index (κ1) is 26.7. The van der Waals surface area contributed by atoms with E-state index in [9.17, 15) is 23.0 Å². The molecule has 0 bridgehead atoms. The van der Waals surface area contributed by atoms with Crippen molar-refractivity contribution in [3.63, 3.8) is 0 Å². The minimum atomic E-state index is -1.84. The van der Waals surface area contributed by atoms with Gasteiger partial charge >= 0.3 is 0 Å². The van der Waals surface area contributed by atoms with Gasteiger partial charge in [-0.3, -0.25) is 23.5 Å².